The van der Waals surface area contributed by atoms with E-state index in [1.54, 1.807) is 11.8 Å². The molecule has 0 radical (unpaired) electrons. The van der Waals surface area contributed by atoms with Gasteiger partial charge in [0.15, 0.2) is 0 Å². The molecule has 0 aliphatic carbocycles. The first-order valence-electron chi connectivity index (χ1n) is 5.81. The summed E-state index contributed by atoms with van der Waals surface area (Å²) in [6, 6.07) is 6.74. The molecule has 104 valence electrons. The Morgan fingerprint density at radius 2 is 2.21 bits per heavy atom. The molecule has 1 amide bonds. The number of thioether (sulfide) groups is 1. The van der Waals surface area contributed by atoms with Gasteiger partial charge in [0.25, 0.3) is 0 Å². The SMILES string of the molecule is CC(=O)NC(CCSCc1cccc(Cl)c1)C(=O)O. The molecule has 0 spiro atoms. The summed E-state index contributed by atoms with van der Waals surface area (Å²) in [7, 11) is 0. The van der Waals surface area contributed by atoms with Crippen molar-refractivity contribution in [3.8, 4) is 0 Å². The molecule has 1 aromatic rings. The predicted molar refractivity (Wildman–Crippen MR) is 77.5 cm³/mol. The third kappa shape index (κ3) is 6.50. The molecule has 19 heavy (non-hydrogen) atoms. The first kappa shape index (κ1) is 15.9. The maximum absolute atomic E-state index is 10.9. The number of hydrogen-bond acceptors (Lipinski definition) is 3. The zero-order chi connectivity index (χ0) is 14.3. The molecule has 4 nitrogen and oxygen atoms in total. The summed E-state index contributed by atoms with van der Waals surface area (Å²) in [6.07, 6.45) is 0.403. The highest BCUT2D eigenvalue weighted by atomic mass is 35.5. The van der Waals surface area contributed by atoms with Gasteiger partial charge in [0.05, 0.1) is 0 Å². The summed E-state index contributed by atoms with van der Waals surface area (Å²) in [5, 5.41) is 12.0. The van der Waals surface area contributed by atoms with E-state index >= 15 is 0 Å². The van der Waals surface area contributed by atoms with Gasteiger partial charge >= 0.3 is 5.97 Å². The Morgan fingerprint density at radius 1 is 1.47 bits per heavy atom. The molecule has 2 N–H and O–H groups in total. The van der Waals surface area contributed by atoms with Gasteiger partial charge in [0, 0.05) is 17.7 Å². The van der Waals surface area contributed by atoms with Gasteiger partial charge in [-0.25, -0.2) is 4.79 Å². The van der Waals surface area contributed by atoms with Gasteiger partial charge in [0.2, 0.25) is 5.91 Å². The van der Waals surface area contributed by atoms with Gasteiger partial charge in [-0.1, -0.05) is 23.7 Å². The van der Waals surface area contributed by atoms with Gasteiger partial charge in [-0.3, -0.25) is 4.79 Å². The zero-order valence-corrected chi connectivity index (χ0v) is 12.1. The van der Waals surface area contributed by atoms with E-state index in [-0.39, 0.29) is 5.91 Å². The van der Waals surface area contributed by atoms with Gasteiger partial charge in [-0.2, -0.15) is 11.8 Å². The molecule has 1 rings (SSSR count). The van der Waals surface area contributed by atoms with E-state index in [0.717, 1.165) is 11.3 Å². The second kappa shape index (κ2) is 8.07. The number of halogens is 1. The number of hydrogen-bond donors (Lipinski definition) is 2. The van der Waals surface area contributed by atoms with Crippen molar-refractivity contribution in [2.45, 2.75) is 25.1 Å². The molecule has 1 atom stereocenters. The second-order valence-corrected chi connectivity index (χ2v) is 5.60. The summed E-state index contributed by atoms with van der Waals surface area (Å²) in [6.45, 7) is 1.31. The van der Waals surface area contributed by atoms with E-state index in [1.807, 2.05) is 24.3 Å². The molecule has 1 aromatic carbocycles. The second-order valence-electron chi connectivity index (χ2n) is 4.06. The van der Waals surface area contributed by atoms with Crippen LogP contribution in [0.5, 0.6) is 0 Å². The number of nitrogens with one attached hydrogen (secondary N) is 1. The highest BCUT2D eigenvalue weighted by Crippen LogP contribution is 2.17. The monoisotopic (exact) mass is 301 g/mol. The molecule has 0 aliphatic heterocycles. The Hall–Kier alpha value is -1.20. The molecule has 1 unspecified atom stereocenters. The van der Waals surface area contributed by atoms with Gasteiger partial charge < -0.3 is 10.4 Å². The fourth-order valence-electron chi connectivity index (χ4n) is 1.52. The van der Waals surface area contributed by atoms with Crippen molar-refractivity contribution in [2.75, 3.05) is 5.75 Å². The van der Waals surface area contributed by atoms with Gasteiger partial charge in [-0.15, -0.1) is 0 Å². The Morgan fingerprint density at radius 3 is 2.79 bits per heavy atom. The fourth-order valence-corrected chi connectivity index (χ4v) is 2.70. The van der Waals surface area contributed by atoms with Crippen LogP contribution in [0.1, 0.15) is 18.9 Å². The Kier molecular flexibility index (Phi) is 6.73. The number of benzene rings is 1. The lowest BCUT2D eigenvalue weighted by Gasteiger charge is -2.12. The van der Waals surface area contributed by atoms with Crippen molar-refractivity contribution >= 4 is 35.2 Å². The van der Waals surface area contributed by atoms with Crippen molar-refractivity contribution < 1.29 is 14.7 Å². The molecule has 0 fully saturated rings. The van der Waals surface area contributed by atoms with E-state index in [4.69, 9.17) is 16.7 Å². The van der Waals surface area contributed by atoms with Crippen LogP contribution >= 0.6 is 23.4 Å². The molecule has 0 saturated carbocycles. The molecule has 6 heteroatoms. The zero-order valence-electron chi connectivity index (χ0n) is 10.6. The van der Waals surface area contributed by atoms with Gasteiger partial charge in [-0.05, 0) is 29.9 Å². The predicted octanol–water partition coefficient (Wildman–Crippen LogP) is 2.55. The summed E-state index contributed by atoms with van der Waals surface area (Å²) in [5.74, 6) is 0.0993. The largest absolute Gasteiger partial charge is 0.480 e. The minimum Gasteiger partial charge on any atom is -0.480 e. The van der Waals surface area contributed by atoms with Crippen molar-refractivity contribution in [3.63, 3.8) is 0 Å². The standard InChI is InChI=1S/C13H16ClNO3S/c1-9(16)15-12(13(17)18)5-6-19-8-10-3-2-4-11(14)7-10/h2-4,7,12H,5-6,8H2,1H3,(H,15,16)(H,17,18). The van der Waals surface area contributed by atoms with Crippen LogP contribution in [-0.2, 0) is 15.3 Å². The average molecular weight is 302 g/mol. The smallest absolute Gasteiger partial charge is 0.326 e. The number of amides is 1. The average Bonchev–Trinajstić information content (AvgIpc) is 2.32. The van der Waals surface area contributed by atoms with Crippen LogP contribution in [0.15, 0.2) is 24.3 Å². The Labute approximate surface area is 121 Å². The van der Waals surface area contributed by atoms with Crippen LogP contribution in [-0.4, -0.2) is 28.8 Å². The summed E-state index contributed by atoms with van der Waals surface area (Å²) in [4.78, 5) is 21.8. The number of aliphatic carboxylic acids is 1. The van der Waals surface area contributed by atoms with Gasteiger partial charge in [0.1, 0.15) is 6.04 Å². The van der Waals surface area contributed by atoms with Crippen LogP contribution in [0.4, 0.5) is 0 Å². The number of carbonyl (C=O) groups excluding carboxylic acids is 1. The lowest BCUT2D eigenvalue weighted by Crippen LogP contribution is -2.39. The normalized spacial score (nSPS) is 11.9. The highest BCUT2D eigenvalue weighted by molar-refractivity contribution is 7.98. The maximum Gasteiger partial charge on any atom is 0.326 e. The maximum atomic E-state index is 10.9. The third-order valence-corrected chi connectivity index (χ3v) is 3.68. The minimum absolute atomic E-state index is 0.327. The molecule has 0 bridgehead atoms. The quantitative estimate of drug-likeness (QED) is 0.760. The third-order valence-electron chi connectivity index (χ3n) is 2.38. The first-order valence-corrected chi connectivity index (χ1v) is 7.34. The fraction of sp³-hybridized carbons (Fsp3) is 0.385. The molecule has 0 heterocycles. The van der Waals surface area contributed by atoms with Crippen molar-refractivity contribution in [1.29, 1.82) is 0 Å². The van der Waals surface area contributed by atoms with Crippen molar-refractivity contribution in [2.24, 2.45) is 0 Å². The number of carbonyl (C=O) groups is 2. The summed E-state index contributed by atoms with van der Waals surface area (Å²) < 4.78 is 0. The number of carboxylic acid groups (broad SMARTS) is 1. The van der Waals surface area contributed by atoms with E-state index in [9.17, 15) is 9.59 Å². The van der Waals surface area contributed by atoms with Crippen LogP contribution in [0.3, 0.4) is 0 Å². The van der Waals surface area contributed by atoms with E-state index in [1.165, 1.54) is 6.92 Å². The van der Waals surface area contributed by atoms with Crippen molar-refractivity contribution in [1.82, 2.24) is 5.32 Å². The van der Waals surface area contributed by atoms with E-state index in [2.05, 4.69) is 5.32 Å². The molecule has 0 saturated heterocycles. The van der Waals surface area contributed by atoms with E-state index in [0.29, 0.717) is 17.2 Å². The minimum atomic E-state index is -1.00. The van der Waals surface area contributed by atoms with Crippen LogP contribution in [0, 0.1) is 0 Å². The molecular weight excluding hydrogens is 286 g/mol. The highest BCUT2D eigenvalue weighted by Gasteiger charge is 2.17. The number of carboxylic acids is 1. The van der Waals surface area contributed by atoms with Crippen LogP contribution < -0.4 is 5.32 Å². The van der Waals surface area contributed by atoms with Crippen LogP contribution in [0.25, 0.3) is 0 Å². The summed E-state index contributed by atoms with van der Waals surface area (Å²) in [5.41, 5.74) is 1.10. The Bertz CT molecular complexity index is 453. The Balaban J connectivity index is 2.32. The topological polar surface area (TPSA) is 66.4 Å². The molecule has 0 aliphatic rings. The molecule has 0 aromatic heterocycles. The van der Waals surface area contributed by atoms with E-state index < -0.39 is 12.0 Å². The van der Waals surface area contributed by atoms with Crippen LogP contribution in [0.2, 0.25) is 5.02 Å². The number of rotatable bonds is 7. The summed E-state index contributed by atoms with van der Waals surface area (Å²) >= 11 is 7.49. The van der Waals surface area contributed by atoms with Crippen molar-refractivity contribution in [3.05, 3.63) is 34.9 Å². The molecular formula is C13H16ClNO3S. The lowest BCUT2D eigenvalue weighted by atomic mass is 10.2. The lowest BCUT2D eigenvalue weighted by molar-refractivity contribution is -0.141. The first-order chi connectivity index (χ1) is 8.99.